The largest absolute Gasteiger partial charge is 0.481 e. The molecule has 102 valence electrons. The number of carboxylic acids is 1. The van der Waals surface area contributed by atoms with Crippen molar-refractivity contribution in [2.75, 3.05) is 7.11 Å². The predicted molar refractivity (Wildman–Crippen MR) is 72.3 cm³/mol. The molecule has 1 aromatic heterocycles. The van der Waals surface area contributed by atoms with E-state index in [1.165, 1.54) is 0 Å². The maximum atomic E-state index is 11.0. The molecule has 1 atom stereocenters. The van der Waals surface area contributed by atoms with Crippen LogP contribution in [0.2, 0.25) is 0 Å². The third-order valence-electron chi connectivity index (χ3n) is 3.81. The van der Waals surface area contributed by atoms with Crippen LogP contribution in [-0.4, -0.2) is 23.2 Å². The molecule has 0 aliphatic heterocycles. The zero-order valence-electron chi connectivity index (χ0n) is 11.3. The molecule has 0 bridgehead atoms. The normalized spacial score (nSPS) is 21.9. The first-order valence-corrected chi connectivity index (χ1v) is 6.53. The molecule has 1 aliphatic carbocycles. The lowest BCUT2D eigenvalue weighted by Crippen LogP contribution is -2.11. The summed E-state index contributed by atoms with van der Waals surface area (Å²) in [6.07, 6.45) is 5.69. The molecule has 4 nitrogen and oxygen atoms in total. The van der Waals surface area contributed by atoms with Gasteiger partial charge in [0.25, 0.3) is 0 Å². The molecule has 0 radical (unpaired) electrons. The summed E-state index contributed by atoms with van der Waals surface area (Å²) >= 11 is 0. The van der Waals surface area contributed by atoms with Crippen molar-refractivity contribution in [3.05, 3.63) is 35.0 Å². The van der Waals surface area contributed by atoms with E-state index in [9.17, 15) is 4.79 Å². The van der Waals surface area contributed by atoms with Gasteiger partial charge in [0.15, 0.2) is 0 Å². The van der Waals surface area contributed by atoms with Gasteiger partial charge >= 0.3 is 5.97 Å². The fourth-order valence-electron chi connectivity index (χ4n) is 2.59. The van der Waals surface area contributed by atoms with E-state index in [-0.39, 0.29) is 0 Å². The van der Waals surface area contributed by atoms with Crippen LogP contribution in [0.25, 0.3) is 0 Å². The maximum Gasteiger partial charge on any atom is 0.331 e. The topological polar surface area (TPSA) is 59.4 Å². The van der Waals surface area contributed by atoms with Crippen molar-refractivity contribution in [3.63, 3.8) is 0 Å². The molecular weight excluding hydrogens is 242 g/mol. The van der Waals surface area contributed by atoms with E-state index >= 15 is 0 Å². The Balaban J connectivity index is 2.16. The van der Waals surface area contributed by atoms with E-state index < -0.39 is 5.97 Å². The van der Waals surface area contributed by atoms with E-state index in [1.54, 1.807) is 14.0 Å². The Morgan fingerprint density at radius 2 is 2.26 bits per heavy atom. The number of aliphatic carboxylic acids is 1. The lowest BCUT2D eigenvalue weighted by molar-refractivity contribution is -0.132. The van der Waals surface area contributed by atoms with Crippen LogP contribution < -0.4 is 4.74 Å². The lowest BCUT2D eigenvalue weighted by Gasteiger charge is -2.25. The quantitative estimate of drug-likeness (QED) is 0.849. The summed E-state index contributed by atoms with van der Waals surface area (Å²) < 4.78 is 5.05. The predicted octanol–water partition coefficient (Wildman–Crippen LogP) is 3.15. The second-order valence-corrected chi connectivity index (χ2v) is 4.96. The number of pyridine rings is 1. The van der Waals surface area contributed by atoms with Crippen LogP contribution in [0.1, 0.15) is 44.1 Å². The molecule has 0 spiro atoms. The van der Waals surface area contributed by atoms with Gasteiger partial charge in [-0.15, -0.1) is 0 Å². The highest BCUT2D eigenvalue weighted by Crippen LogP contribution is 2.37. The Bertz CT molecular complexity index is 491. The fraction of sp³-hybridized carbons (Fsp3) is 0.467. The van der Waals surface area contributed by atoms with Crippen LogP contribution >= 0.6 is 0 Å². The Morgan fingerprint density at radius 3 is 2.84 bits per heavy atom. The summed E-state index contributed by atoms with van der Waals surface area (Å²) in [6.45, 7) is 1.70. The van der Waals surface area contributed by atoms with Crippen LogP contribution in [0.4, 0.5) is 0 Å². The van der Waals surface area contributed by atoms with Gasteiger partial charge in [-0.2, -0.15) is 0 Å². The van der Waals surface area contributed by atoms with Crippen molar-refractivity contribution in [2.24, 2.45) is 0 Å². The number of carboxylic acid groups (broad SMARTS) is 1. The van der Waals surface area contributed by atoms with Gasteiger partial charge in [0.05, 0.1) is 7.11 Å². The van der Waals surface area contributed by atoms with Crippen molar-refractivity contribution in [1.82, 2.24) is 4.98 Å². The van der Waals surface area contributed by atoms with Gasteiger partial charge in [0.1, 0.15) is 0 Å². The van der Waals surface area contributed by atoms with E-state index in [1.807, 2.05) is 18.3 Å². The molecule has 1 aromatic rings. The maximum absolute atomic E-state index is 11.0. The third kappa shape index (κ3) is 3.13. The standard InChI is InChI=1S/C15H19NO3/c1-10(15(17)18)11-4-3-5-12(8-11)13-6-7-14(19-2)16-9-13/h6-7,9,12H,3-5,8H2,1-2H3,(H,17,18)/b11-10+. The Kier molecular flexibility index (Phi) is 4.20. The van der Waals surface area contributed by atoms with Crippen LogP contribution in [-0.2, 0) is 4.79 Å². The summed E-state index contributed by atoms with van der Waals surface area (Å²) in [5.41, 5.74) is 2.74. The van der Waals surface area contributed by atoms with Gasteiger partial charge in [0.2, 0.25) is 5.88 Å². The van der Waals surface area contributed by atoms with Crippen molar-refractivity contribution in [2.45, 2.75) is 38.5 Å². The minimum Gasteiger partial charge on any atom is -0.481 e. The van der Waals surface area contributed by atoms with Crippen LogP contribution in [0.5, 0.6) is 5.88 Å². The van der Waals surface area contributed by atoms with E-state index in [2.05, 4.69) is 4.98 Å². The number of methoxy groups -OCH3 is 1. The number of hydrogen-bond donors (Lipinski definition) is 1. The van der Waals surface area contributed by atoms with Crippen molar-refractivity contribution < 1.29 is 14.6 Å². The molecule has 1 aliphatic rings. The van der Waals surface area contributed by atoms with Crippen molar-refractivity contribution >= 4 is 5.97 Å². The fourth-order valence-corrected chi connectivity index (χ4v) is 2.59. The molecule has 0 saturated heterocycles. The molecule has 2 rings (SSSR count). The van der Waals surface area contributed by atoms with Crippen LogP contribution in [0.15, 0.2) is 29.5 Å². The second-order valence-electron chi connectivity index (χ2n) is 4.96. The van der Waals surface area contributed by atoms with Gasteiger partial charge in [0, 0.05) is 17.8 Å². The number of hydrogen-bond acceptors (Lipinski definition) is 3. The second kappa shape index (κ2) is 5.87. The highest BCUT2D eigenvalue weighted by molar-refractivity contribution is 5.86. The van der Waals surface area contributed by atoms with E-state index in [4.69, 9.17) is 9.84 Å². The summed E-state index contributed by atoms with van der Waals surface area (Å²) in [5, 5.41) is 9.07. The molecule has 0 aromatic carbocycles. The van der Waals surface area contributed by atoms with Crippen LogP contribution in [0.3, 0.4) is 0 Å². The summed E-state index contributed by atoms with van der Waals surface area (Å²) in [5.74, 6) is 0.178. The summed E-state index contributed by atoms with van der Waals surface area (Å²) in [7, 11) is 1.60. The zero-order chi connectivity index (χ0) is 13.8. The smallest absolute Gasteiger partial charge is 0.331 e. The number of nitrogens with zero attached hydrogens (tertiary/aromatic N) is 1. The highest BCUT2D eigenvalue weighted by Gasteiger charge is 2.22. The Hall–Kier alpha value is -1.84. The molecule has 1 heterocycles. The average molecular weight is 261 g/mol. The molecule has 1 N–H and O–H groups in total. The molecule has 4 heteroatoms. The minimum atomic E-state index is -0.802. The number of carbonyl (C=O) groups is 1. The number of ether oxygens (including phenoxy) is 1. The Morgan fingerprint density at radius 1 is 1.47 bits per heavy atom. The first-order valence-electron chi connectivity index (χ1n) is 6.53. The minimum absolute atomic E-state index is 0.372. The van der Waals surface area contributed by atoms with Crippen molar-refractivity contribution in [3.8, 4) is 5.88 Å². The number of allylic oxidation sites excluding steroid dienone is 1. The van der Waals surface area contributed by atoms with Gasteiger partial charge < -0.3 is 9.84 Å². The first kappa shape index (κ1) is 13.6. The van der Waals surface area contributed by atoms with Gasteiger partial charge in [-0.25, -0.2) is 9.78 Å². The number of aromatic nitrogens is 1. The van der Waals surface area contributed by atoms with Crippen molar-refractivity contribution in [1.29, 1.82) is 0 Å². The van der Waals surface area contributed by atoms with E-state index in [0.717, 1.165) is 36.8 Å². The molecule has 0 amide bonds. The average Bonchev–Trinajstić information content (AvgIpc) is 2.46. The monoisotopic (exact) mass is 261 g/mol. The highest BCUT2D eigenvalue weighted by atomic mass is 16.5. The molecular formula is C15H19NO3. The zero-order valence-corrected chi connectivity index (χ0v) is 11.3. The van der Waals surface area contributed by atoms with E-state index in [0.29, 0.717) is 17.4 Å². The third-order valence-corrected chi connectivity index (χ3v) is 3.81. The van der Waals surface area contributed by atoms with Gasteiger partial charge in [-0.05, 0) is 44.1 Å². The SMILES string of the molecule is COc1ccc(C2CCC/C(=C(/C)C(=O)O)C2)cn1. The van der Waals surface area contributed by atoms with Gasteiger partial charge in [-0.3, -0.25) is 0 Å². The van der Waals surface area contributed by atoms with Crippen LogP contribution in [0, 0.1) is 0 Å². The molecule has 1 saturated carbocycles. The Labute approximate surface area is 113 Å². The first-order chi connectivity index (χ1) is 9.11. The summed E-state index contributed by atoms with van der Waals surface area (Å²) in [4.78, 5) is 15.3. The molecule has 19 heavy (non-hydrogen) atoms. The summed E-state index contributed by atoms with van der Waals surface area (Å²) in [6, 6.07) is 3.88. The number of rotatable bonds is 3. The molecule has 1 unspecified atom stereocenters. The lowest BCUT2D eigenvalue weighted by atomic mass is 9.80. The van der Waals surface area contributed by atoms with Gasteiger partial charge in [-0.1, -0.05) is 11.6 Å². The molecule has 1 fully saturated rings.